The molecule has 0 spiro atoms. The van der Waals surface area contributed by atoms with Crippen molar-refractivity contribution in [1.82, 2.24) is 9.97 Å². The predicted octanol–water partition coefficient (Wildman–Crippen LogP) is 2.60. The van der Waals surface area contributed by atoms with Gasteiger partial charge in [-0.3, -0.25) is 4.79 Å². The van der Waals surface area contributed by atoms with Gasteiger partial charge in [0.05, 0.1) is 17.7 Å². The van der Waals surface area contributed by atoms with E-state index in [1.165, 1.54) is 0 Å². The molecular weight excluding hydrogens is 278 g/mol. The number of aliphatic hydroxyl groups excluding tert-OH is 1. The van der Waals surface area contributed by atoms with Crippen molar-refractivity contribution in [3.8, 4) is 0 Å². The molecule has 0 aromatic carbocycles. The summed E-state index contributed by atoms with van der Waals surface area (Å²) in [6.45, 7) is 3.95. The molecule has 0 radical (unpaired) electrons. The summed E-state index contributed by atoms with van der Waals surface area (Å²) < 4.78 is 0. The number of hydrogen-bond donors (Lipinski definition) is 2. The Morgan fingerprint density at radius 3 is 2.65 bits per heavy atom. The van der Waals surface area contributed by atoms with E-state index in [0.717, 1.165) is 25.7 Å². The Morgan fingerprint density at radius 1 is 1.45 bits per heavy atom. The topological polar surface area (TPSA) is 75.1 Å². The van der Waals surface area contributed by atoms with Crippen molar-refractivity contribution in [2.24, 2.45) is 5.92 Å². The highest BCUT2D eigenvalue weighted by molar-refractivity contribution is 6.32. The molecule has 1 heterocycles. The summed E-state index contributed by atoms with van der Waals surface area (Å²) in [5.41, 5.74) is -0.169. The summed E-state index contributed by atoms with van der Waals surface area (Å²) in [6.07, 6.45) is 4.44. The zero-order valence-corrected chi connectivity index (χ0v) is 12.6. The molecule has 6 heteroatoms. The van der Waals surface area contributed by atoms with Gasteiger partial charge in [-0.25, -0.2) is 9.97 Å². The molecule has 1 aliphatic rings. The molecule has 1 saturated carbocycles. The van der Waals surface area contributed by atoms with Crippen LogP contribution in [0.25, 0.3) is 0 Å². The molecule has 1 aliphatic carbocycles. The van der Waals surface area contributed by atoms with Crippen LogP contribution in [0, 0.1) is 12.8 Å². The average molecular weight is 298 g/mol. The minimum absolute atomic E-state index is 0.0126. The maximum atomic E-state index is 11.2. The molecule has 1 aromatic rings. The predicted molar refractivity (Wildman–Crippen MR) is 78.2 cm³/mol. The molecule has 0 aliphatic heterocycles. The fraction of sp³-hybridized carbons (Fsp3) is 0.643. The summed E-state index contributed by atoms with van der Waals surface area (Å²) in [6, 6.07) is 0. The lowest BCUT2D eigenvalue weighted by molar-refractivity contribution is 0.112. The van der Waals surface area contributed by atoms with Crippen molar-refractivity contribution < 1.29 is 9.90 Å². The second-order valence-electron chi connectivity index (χ2n) is 5.69. The van der Waals surface area contributed by atoms with E-state index in [1.807, 2.05) is 0 Å². The Balaban J connectivity index is 2.30. The maximum absolute atomic E-state index is 11.2. The zero-order chi connectivity index (χ0) is 14.8. The van der Waals surface area contributed by atoms with Gasteiger partial charge in [0.2, 0.25) is 0 Å². The van der Waals surface area contributed by atoms with Gasteiger partial charge in [0.25, 0.3) is 0 Å². The molecule has 0 bridgehead atoms. The van der Waals surface area contributed by atoms with E-state index in [4.69, 9.17) is 11.6 Å². The van der Waals surface area contributed by atoms with Gasteiger partial charge in [-0.05, 0) is 38.5 Å². The Bertz CT molecular complexity index is 499. The van der Waals surface area contributed by atoms with E-state index in [9.17, 15) is 9.90 Å². The van der Waals surface area contributed by atoms with Gasteiger partial charge < -0.3 is 10.4 Å². The van der Waals surface area contributed by atoms with Crippen LogP contribution in [0.3, 0.4) is 0 Å². The van der Waals surface area contributed by atoms with Gasteiger partial charge in [0.15, 0.2) is 6.29 Å². The lowest BCUT2D eigenvalue weighted by Gasteiger charge is -2.39. The number of hydrogen-bond acceptors (Lipinski definition) is 5. The van der Waals surface area contributed by atoms with Crippen molar-refractivity contribution in [3.05, 3.63) is 16.5 Å². The average Bonchev–Trinajstić information content (AvgIpc) is 2.41. The second-order valence-corrected chi connectivity index (χ2v) is 6.05. The largest absolute Gasteiger partial charge is 0.394 e. The molecule has 5 nitrogen and oxygen atoms in total. The highest BCUT2D eigenvalue weighted by Crippen LogP contribution is 2.35. The van der Waals surface area contributed by atoms with Crippen LogP contribution in [0.1, 0.15) is 48.8 Å². The highest BCUT2D eigenvalue weighted by atomic mass is 35.5. The van der Waals surface area contributed by atoms with Crippen molar-refractivity contribution >= 4 is 23.7 Å². The number of rotatable bonds is 4. The number of aldehydes is 1. The van der Waals surface area contributed by atoms with Crippen LogP contribution in [-0.2, 0) is 0 Å². The number of aliphatic hydroxyl groups is 1. The lowest BCUT2D eigenvalue weighted by Crippen LogP contribution is -2.45. The van der Waals surface area contributed by atoms with Crippen LogP contribution in [0.2, 0.25) is 5.15 Å². The standard InChI is InChI=1S/C14H20ClN3O2/c1-9-3-5-14(8-20,6-4-9)18-13-11(7-19)12(15)16-10(2)17-13/h7,9,20H,3-6,8H2,1-2H3,(H,16,17,18). The van der Waals surface area contributed by atoms with E-state index in [2.05, 4.69) is 22.2 Å². The first kappa shape index (κ1) is 15.2. The van der Waals surface area contributed by atoms with Crippen LogP contribution in [0.15, 0.2) is 0 Å². The van der Waals surface area contributed by atoms with Gasteiger partial charge in [-0.15, -0.1) is 0 Å². The summed E-state index contributed by atoms with van der Waals surface area (Å²) in [5.74, 6) is 1.58. The van der Waals surface area contributed by atoms with E-state index < -0.39 is 5.54 Å². The minimum atomic E-state index is -0.422. The number of aromatic nitrogens is 2. The van der Waals surface area contributed by atoms with Crippen LogP contribution in [0.5, 0.6) is 0 Å². The highest BCUT2D eigenvalue weighted by Gasteiger charge is 2.34. The zero-order valence-electron chi connectivity index (χ0n) is 11.8. The fourth-order valence-electron chi connectivity index (χ4n) is 2.64. The number of carbonyl (C=O) groups excluding carboxylic acids is 1. The molecule has 0 saturated heterocycles. The smallest absolute Gasteiger partial charge is 0.156 e. The number of halogens is 1. The van der Waals surface area contributed by atoms with Gasteiger partial charge in [0, 0.05) is 0 Å². The van der Waals surface area contributed by atoms with Crippen molar-refractivity contribution in [3.63, 3.8) is 0 Å². The summed E-state index contributed by atoms with van der Waals surface area (Å²) in [5, 5.41) is 13.2. The Hall–Kier alpha value is -1.20. The molecule has 0 atom stereocenters. The molecule has 110 valence electrons. The Labute approximate surface area is 123 Å². The number of nitrogens with one attached hydrogen (secondary N) is 1. The molecule has 2 rings (SSSR count). The quantitative estimate of drug-likeness (QED) is 0.660. The Kier molecular flexibility index (Phi) is 4.60. The van der Waals surface area contributed by atoms with Crippen molar-refractivity contribution in [1.29, 1.82) is 0 Å². The van der Waals surface area contributed by atoms with E-state index in [1.54, 1.807) is 6.92 Å². The third-order valence-corrected chi connectivity index (χ3v) is 4.33. The monoisotopic (exact) mass is 297 g/mol. The Morgan fingerprint density at radius 2 is 2.10 bits per heavy atom. The summed E-state index contributed by atoms with van der Waals surface area (Å²) >= 11 is 5.98. The van der Waals surface area contributed by atoms with Crippen LogP contribution < -0.4 is 5.32 Å². The molecule has 20 heavy (non-hydrogen) atoms. The molecule has 0 amide bonds. The molecule has 0 unspecified atom stereocenters. The maximum Gasteiger partial charge on any atom is 0.156 e. The van der Waals surface area contributed by atoms with Crippen LogP contribution in [-0.4, -0.2) is 33.5 Å². The van der Waals surface area contributed by atoms with Gasteiger partial charge in [0.1, 0.15) is 16.8 Å². The van der Waals surface area contributed by atoms with E-state index in [0.29, 0.717) is 23.8 Å². The number of anilines is 1. The van der Waals surface area contributed by atoms with Gasteiger partial charge >= 0.3 is 0 Å². The minimum Gasteiger partial charge on any atom is -0.394 e. The van der Waals surface area contributed by atoms with E-state index in [-0.39, 0.29) is 17.3 Å². The molecular formula is C14H20ClN3O2. The first-order chi connectivity index (χ1) is 9.49. The van der Waals surface area contributed by atoms with Gasteiger partial charge in [-0.2, -0.15) is 0 Å². The molecule has 2 N–H and O–H groups in total. The van der Waals surface area contributed by atoms with Crippen LogP contribution >= 0.6 is 11.6 Å². The van der Waals surface area contributed by atoms with Gasteiger partial charge in [-0.1, -0.05) is 18.5 Å². The number of carbonyl (C=O) groups is 1. The third-order valence-electron chi connectivity index (χ3n) is 4.05. The number of nitrogens with zero attached hydrogens (tertiary/aromatic N) is 2. The number of aryl methyl sites for hydroxylation is 1. The fourth-order valence-corrected chi connectivity index (χ4v) is 2.89. The molecule has 1 fully saturated rings. The van der Waals surface area contributed by atoms with Crippen molar-refractivity contribution in [2.45, 2.75) is 45.1 Å². The summed E-state index contributed by atoms with van der Waals surface area (Å²) in [4.78, 5) is 19.4. The second kappa shape index (κ2) is 6.06. The van der Waals surface area contributed by atoms with Crippen molar-refractivity contribution in [2.75, 3.05) is 11.9 Å². The normalized spacial score (nSPS) is 26.3. The molecule has 1 aromatic heterocycles. The first-order valence-corrected chi connectivity index (χ1v) is 7.26. The van der Waals surface area contributed by atoms with Crippen LogP contribution in [0.4, 0.5) is 5.82 Å². The SMILES string of the molecule is Cc1nc(Cl)c(C=O)c(NC2(CO)CCC(C)CC2)n1. The van der Waals surface area contributed by atoms with E-state index >= 15 is 0 Å². The lowest BCUT2D eigenvalue weighted by atomic mass is 9.77. The third kappa shape index (κ3) is 3.10. The summed E-state index contributed by atoms with van der Waals surface area (Å²) in [7, 11) is 0. The first-order valence-electron chi connectivity index (χ1n) is 6.88.